The third-order valence-corrected chi connectivity index (χ3v) is 7.07. The van der Waals surface area contributed by atoms with Crippen LogP contribution in [-0.2, 0) is 11.3 Å². The molecule has 2 aromatic rings. The second-order valence-electron chi connectivity index (χ2n) is 11.2. The molecular formula is C28H40N6O3. The van der Waals surface area contributed by atoms with E-state index in [4.69, 9.17) is 4.74 Å². The molecule has 2 aliphatic heterocycles. The van der Waals surface area contributed by atoms with E-state index >= 15 is 0 Å². The van der Waals surface area contributed by atoms with Gasteiger partial charge in [0.1, 0.15) is 5.60 Å². The van der Waals surface area contributed by atoms with E-state index in [9.17, 15) is 9.59 Å². The van der Waals surface area contributed by atoms with E-state index in [0.717, 1.165) is 56.0 Å². The standard InChI is InChI=1S/C28H40N6O3/c1-28(2,3)37-27(36)34-12-10-24(11-13-34)32(5)20-23-18-30-25(19-29-23)21-6-8-22(9-7-21)26(35)33-16-14-31(4)15-17-33/h6-9,18-19,24H,10-17,20H2,1-5H3. The van der Waals surface area contributed by atoms with Crippen LogP contribution >= 0.6 is 0 Å². The summed E-state index contributed by atoms with van der Waals surface area (Å²) in [5.41, 5.74) is 2.87. The molecule has 0 saturated carbocycles. The molecule has 0 atom stereocenters. The Morgan fingerprint density at radius 3 is 2.16 bits per heavy atom. The molecule has 200 valence electrons. The minimum atomic E-state index is -0.473. The van der Waals surface area contributed by atoms with Crippen molar-refractivity contribution in [1.29, 1.82) is 0 Å². The number of nitrogens with zero attached hydrogens (tertiary/aromatic N) is 6. The zero-order chi connectivity index (χ0) is 26.6. The lowest BCUT2D eigenvalue weighted by Crippen LogP contribution is -2.47. The molecule has 0 bridgehead atoms. The molecule has 3 heterocycles. The highest BCUT2D eigenvalue weighted by atomic mass is 16.6. The summed E-state index contributed by atoms with van der Waals surface area (Å²) in [7, 11) is 4.18. The summed E-state index contributed by atoms with van der Waals surface area (Å²) in [4.78, 5) is 42.6. The summed E-state index contributed by atoms with van der Waals surface area (Å²) in [5.74, 6) is 0.0843. The van der Waals surface area contributed by atoms with Crippen LogP contribution < -0.4 is 0 Å². The van der Waals surface area contributed by atoms with Crippen LogP contribution in [-0.4, -0.2) is 107 Å². The van der Waals surface area contributed by atoms with Gasteiger partial charge in [0.15, 0.2) is 0 Å². The van der Waals surface area contributed by atoms with E-state index in [1.54, 1.807) is 11.1 Å². The van der Waals surface area contributed by atoms with Crippen LogP contribution in [0.25, 0.3) is 11.3 Å². The second-order valence-corrected chi connectivity index (χ2v) is 11.2. The Bertz CT molecular complexity index is 1050. The molecule has 9 nitrogen and oxygen atoms in total. The quantitative estimate of drug-likeness (QED) is 0.613. The van der Waals surface area contributed by atoms with Crippen molar-refractivity contribution in [2.45, 2.75) is 51.8 Å². The molecule has 2 fully saturated rings. The number of carbonyl (C=O) groups excluding carboxylic acids is 2. The molecule has 1 aromatic heterocycles. The third-order valence-electron chi connectivity index (χ3n) is 7.07. The lowest BCUT2D eigenvalue weighted by atomic mass is 10.0. The highest BCUT2D eigenvalue weighted by Crippen LogP contribution is 2.21. The Morgan fingerprint density at radius 1 is 0.946 bits per heavy atom. The molecular weight excluding hydrogens is 468 g/mol. The lowest BCUT2D eigenvalue weighted by Gasteiger charge is -2.37. The van der Waals surface area contributed by atoms with Crippen molar-refractivity contribution in [2.75, 3.05) is 53.4 Å². The van der Waals surface area contributed by atoms with Crippen LogP contribution in [0, 0.1) is 0 Å². The predicted molar refractivity (Wildman–Crippen MR) is 143 cm³/mol. The molecule has 0 unspecified atom stereocenters. The summed E-state index contributed by atoms with van der Waals surface area (Å²) in [6.07, 6.45) is 5.20. The number of piperidine rings is 1. The first kappa shape index (κ1) is 27.0. The topological polar surface area (TPSA) is 82.1 Å². The Hall–Kier alpha value is -3.04. The van der Waals surface area contributed by atoms with E-state index in [1.807, 2.05) is 56.1 Å². The molecule has 4 rings (SSSR count). The molecule has 2 saturated heterocycles. The Kier molecular flexibility index (Phi) is 8.44. The van der Waals surface area contributed by atoms with Gasteiger partial charge in [-0.3, -0.25) is 19.7 Å². The Balaban J connectivity index is 1.28. The fourth-order valence-electron chi connectivity index (χ4n) is 4.76. The summed E-state index contributed by atoms with van der Waals surface area (Å²) in [6.45, 7) is 11.1. The number of likely N-dealkylation sites (tertiary alicyclic amines) is 1. The summed E-state index contributed by atoms with van der Waals surface area (Å²) in [5, 5.41) is 0. The molecule has 0 radical (unpaired) electrons. The molecule has 2 amide bonds. The number of aromatic nitrogens is 2. The van der Waals surface area contributed by atoms with Crippen molar-refractivity contribution in [2.24, 2.45) is 0 Å². The predicted octanol–water partition coefficient (Wildman–Crippen LogP) is 3.36. The monoisotopic (exact) mass is 508 g/mol. The molecule has 0 N–H and O–H groups in total. The van der Waals surface area contributed by atoms with Crippen LogP contribution in [0.2, 0.25) is 0 Å². The van der Waals surface area contributed by atoms with Crippen molar-refractivity contribution in [3.05, 3.63) is 47.9 Å². The number of hydrogen-bond donors (Lipinski definition) is 0. The first-order valence-corrected chi connectivity index (χ1v) is 13.2. The summed E-state index contributed by atoms with van der Waals surface area (Å²) in [6, 6.07) is 8.02. The maximum atomic E-state index is 12.8. The van der Waals surface area contributed by atoms with Crippen LogP contribution in [0.15, 0.2) is 36.7 Å². The van der Waals surface area contributed by atoms with Crippen LogP contribution in [0.1, 0.15) is 49.7 Å². The molecule has 0 aliphatic carbocycles. The van der Waals surface area contributed by atoms with E-state index < -0.39 is 5.60 Å². The number of carbonyl (C=O) groups is 2. The van der Waals surface area contributed by atoms with Crippen molar-refractivity contribution in [3.8, 4) is 11.3 Å². The largest absolute Gasteiger partial charge is 0.444 e. The maximum Gasteiger partial charge on any atom is 0.410 e. The minimum absolute atomic E-state index is 0.0843. The van der Waals surface area contributed by atoms with Crippen molar-refractivity contribution in [3.63, 3.8) is 0 Å². The number of rotatable bonds is 5. The SMILES string of the molecule is CN1CCN(C(=O)c2ccc(-c3cnc(CN(C)C4CCN(C(=O)OC(C)(C)C)CC4)cn3)cc2)CC1. The van der Waals surface area contributed by atoms with Gasteiger partial charge in [-0.15, -0.1) is 0 Å². The number of amides is 2. The fraction of sp³-hybridized carbons (Fsp3) is 0.571. The van der Waals surface area contributed by atoms with Gasteiger partial charge in [-0.25, -0.2) is 4.79 Å². The zero-order valence-corrected chi connectivity index (χ0v) is 22.8. The van der Waals surface area contributed by atoms with Gasteiger partial charge in [0.25, 0.3) is 5.91 Å². The van der Waals surface area contributed by atoms with Gasteiger partial charge < -0.3 is 19.4 Å². The van der Waals surface area contributed by atoms with Crippen molar-refractivity contribution < 1.29 is 14.3 Å². The Labute approximate surface area is 220 Å². The Morgan fingerprint density at radius 2 is 1.59 bits per heavy atom. The normalized spacial score (nSPS) is 17.8. The van der Waals surface area contributed by atoms with Gasteiger partial charge in [-0.05, 0) is 59.8 Å². The number of ether oxygens (including phenoxy) is 1. The third kappa shape index (κ3) is 7.26. The van der Waals surface area contributed by atoms with Gasteiger partial charge in [0, 0.05) is 63.0 Å². The van der Waals surface area contributed by atoms with E-state index in [0.29, 0.717) is 31.2 Å². The van der Waals surface area contributed by atoms with Gasteiger partial charge in [0.2, 0.25) is 0 Å². The average molecular weight is 509 g/mol. The van der Waals surface area contributed by atoms with Gasteiger partial charge >= 0.3 is 6.09 Å². The highest BCUT2D eigenvalue weighted by Gasteiger charge is 2.28. The zero-order valence-electron chi connectivity index (χ0n) is 22.8. The smallest absolute Gasteiger partial charge is 0.410 e. The number of piperazine rings is 1. The van der Waals surface area contributed by atoms with E-state index in [-0.39, 0.29) is 12.0 Å². The summed E-state index contributed by atoms with van der Waals surface area (Å²) >= 11 is 0. The maximum absolute atomic E-state index is 12.8. The second kappa shape index (κ2) is 11.6. The molecule has 2 aliphatic rings. The number of benzene rings is 1. The molecule has 9 heteroatoms. The number of likely N-dealkylation sites (N-methyl/N-ethyl adjacent to an activating group) is 1. The van der Waals surface area contributed by atoms with Crippen LogP contribution in [0.5, 0.6) is 0 Å². The van der Waals surface area contributed by atoms with Crippen molar-refractivity contribution in [1.82, 2.24) is 29.6 Å². The van der Waals surface area contributed by atoms with E-state index in [2.05, 4.69) is 33.9 Å². The van der Waals surface area contributed by atoms with E-state index in [1.165, 1.54) is 0 Å². The van der Waals surface area contributed by atoms with Gasteiger partial charge in [0.05, 0.1) is 23.8 Å². The molecule has 1 aromatic carbocycles. The van der Waals surface area contributed by atoms with Gasteiger partial charge in [-0.2, -0.15) is 0 Å². The first-order valence-electron chi connectivity index (χ1n) is 13.2. The average Bonchev–Trinajstić information content (AvgIpc) is 2.88. The molecule has 37 heavy (non-hydrogen) atoms. The van der Waals surface area contributed by atoms with Crippen LogP contribution in [0.4, 0.5) is 4.79 Å². The van der Waals surface area contributed by atoms with Gasteiger partial charge in [-0.1, -0.05) is 12.1 Å². The van der Waals surface area contributed by atoms with Crippen molar-refractivity contribution >= 4 is 12.0 Å². The lowest BCUT2D eigenvalue weighted by molar-refractivity contribution is 0.0152. The first-order chi connectivity index (χ1) is 17.6. The fourth-order valence-corrected chi connectivity index (χ4v) is 4.76. The van der Waals surface area contributed by atoms with Crippen LogP contribution in [0.3, 0.4) is 0 Å². The number of hydrogen-bond acceptors (Lipinski definition) is 7. The minimum Gasteiger partial charge on any atom is -0.444 e. The summed E-state index contributed by atoms with van der Waals surface area (Å²) < 4.78 is 5.50. The highest BCUT2D eigenvalue weighted by molar-refractivity contribution is 5.94. The molecule has 0 spiro atoms.